The van der Waals surface area contributed by atoms with Crippen molar-refractivity contribution in [2.24, 2.45) is 0 Å². The van der Waals surface area contributed by atoms with Crippen molar-refractivity contribution in [3.63, 3.8) is 0 Å². The molecule has 0 fully saturated rings. The topological polar surface area (TPSA) is 74.5 Å². The quantitative estimate of drug-likeness (QED) is 0.400. The molecular formula is C18H15BrN2O4S. The zero-order chi connectivity index (χ0) is 18.5. The summed E-state index contributed by atoms with van der Waals surface area (Å²) in [6, 6.07) is 12.5. The van der Waals surface area contributed by atoms with Crippen molar-refractivity contribution in [1.29, 1.82) is 0 Å². The number of methoxy groups -OCH3 is 2. The molecule has 0 aliphatic heterocycles. The lowest BCUT2D eigenvalue weighted by atomic mass is 10.1. The summed E-state index contributed by atoms with van der Waals surface area (Å²) in [5.41, 5.74) is 1.37. The number of halogens is 1. The number of hydrogen-bond donors (Lipinski definition) is 0. The summed E-state index contributed by atoms with van der Waals surface area (Å²) in [7, 11) is 3.18. The number of benzene rings is 2. The van der Waals surface area contributed by atoms with Crippen LogP contribution in [0.15, 0.2) is 56.6 Å². The summed E-state index contributed by atoms with van der Waals surface area (Å²) in [6.07, 6.45) is 0. The number of Topliss-reactive ketones (excluding diaryl/α,β-unsaturated/α-hetero) is 1. The first-order valence-corrected chi connectivity index (χ1v) is 9.36. The molecule has 2 aromatic carbocycles. The lowest BCUT2D eigenvalue weighted by Crippen LogP contribution is -2.02. The third-order valence-corrected chi connectivity index (χ3v) is 4.98. The van der Waals surface area contributed by atoms with Crippen molar-refractivity contribution >= 4 is 33.5 Å². The molecule has 0 saturated carbocycles. The lowest BCUT2D eigenvalue weighted by Gasteiger charge is -2.05. The lowest BCUT2D eigenvalue weighted by molar-refractivity contribution is 0.102. The van der Waals surface area contributed by atoms with Gasteiger partial charge in [0.25, 0.3) is 5.22 Å². The van der Waals surface area contributed by atoms with E-state index in [1.807, 2.05) is 24.3 Å². The van der Waals surface area contributed by atoms with Gasteiger partial charge in [0, 0.05) is 11.1 Å². The Kier molecular flexibility index (Phi) is 5.95. The monoisotopic (exact) mass is 434 g/mol. The van der Waals surface area contributed by atoms with Gasteiger partial charge in [-0.15, -0.1) is 10.2 Å². The number of aromatic nitrogens is 2. The second-order valence-electron chi connectivity index (χ2n) is 5.16. The Morgan fingerprint density at radius 3 is 2.54 bits per heavy atom. The molecule has 3 rings (SSSR count). The fourth-order valence-electron chi connectivity index (χ4n) is 2.17. The Bertz CT molecular complexity index is 912. The highest BCUT2D eigenvalue weighted by molar-refractivity contribution is 9.10. The van der Waals surface area contributed by atoms with Crippen LogP contribution in [0.5, 0.6) is 11.5 Å². The van der Waals surface area contributed by atoms with Crippen LogP contribution in [0.3, 0.4) is 0 Å². The molecule has 8 heteroatoms. The molecule has 1 aromatic heterocycles. The minimum atomic E-state index is -0.0393. The van der Waals surface area contributed by atoms with E-state index in [1.165, 1.54) is 11.8 Å². The van der Waals surface area contributed by atoms with Crippen LogP contribution in [0.1, 0.15) is 10.4 Å². The van der Waals surface area contributed by atoms with Crippen molar-refractivity contribution in [2.45, 2.75) is 5.22 Å². The summed E-state index contributed by atoms with van der Waals surface area (Å²) < 4.78 is 16.6. The second kappa shape index (κ2) is 8.37. The van der Waals surface area contributed by atoms with Crippen molar-refractivity contribution in [1.82, 2.24) is 10.2 Å². The van der Waals surface area contributed by atoms with Gasteiger partial charge in [0.2, 0.25) is 5.89 Å². The SMILES string of the molecule is COc1ccc(-c2nnc(SCC(=O)c3ccc(OC)c(Br)c3)o2)cc1. The standard InChI is InChI=1S/C18H15BrN2O4S/c1-23-13-6-3-11(4-7-13)17-20-21-18(25-17)26-10-15(22)12-5-8-16(24-2)14(19)9-12/h3-9H,10H2,1-2H3. The predicted octanol–water partition coefficient (Wildman–Crippen LogP) is 4.49. The molecule has 0 spiro atoms. The van der Waals surface area contributed by atoms with Crippen LogP contribution in [0, 0.1) is 0 Å². The predicted molar refractivity (Wildman–Crippen MR) is 102 cm³/mol. The van der Waals surface area contributed by atoms with Crippen LogP contribution in [-0.4, -0.2) is 36.0 Å². The molecule has 0 radical (unpaired) electrons. The van der Waals surface area contributed by atoms with Crippen LogP contribution >= 0.6 is 27.7 Å². The number of nitrogens with zero attached hydrogens (tertiary/aromatic N) is 2. The van der Waals surface area contributed by atoms with Crippen molar-refractivity contribution in [2.75, 3.05) is 20.0 Å². The smallest absolute Gasteiger partial charge is 0.277 e. The molecule has 3 aromatic rings. The number of ketones is 1. The van der Waals surface area contributed by atoms with Gasteiger partial charge in [-0.1, -0.05) is 11.8 Å². The van der Waals surface area contributed by atoms with E-state index >= 15 is 0 Å². The summed E-state index contributed by atoms with van der Waals surface area (Å²) in [5.74, 6) is 1.98. The summed E-state index contributed by atoms with van der Waals surface area (Å²) in [4.78, 5) is 12.3. The van der Waals surface area contributed by atoms with Crippen LogP contribution in [-0.2, 0) is 0 Å². The van der Waals surface area contributed by atoms with Crippen LogP contribution in [0.4, 0.5) is 0 Å². The van der Waals surface area contributed by atoms with Gasteiger partial charge in [-0.25, -0.2) is 0 Å². The van der Waals surface area contributed by atoms with Gasteiger partial charge in [-0.05, 0) is 58.4 Å². The Morgan fingerprint density at radius 1 is 1.12 bits per heavy atom. The van der Waals surface area contributed by atoms with Gasteiger partial charge >= 0.3 is 0 Å². The fraction of sp³-hybridized carbons (Fsp3) is 0.167. The Morgan fingerprint density at radius 2 is 1.88 bits per heavy atom. The highest BCUT2D eigenvalue weighted by atomic mass is 79.9. The maximum absolute atomic E-state index is 12.3. The molecule has 0 unspecified atom stereocenters. The average molecular weight is 435 g/mol. The van der Waals surface area contributed by atoms with Crippen LogP contribution in [0.25, 0.3) is 11.5 Å². The van der Waals surface area contributed by atoms with E-state index in [-0.39, 0.29) is 11.5 Å². The Balaban J connectivity index is 1.64. The molecule has 0 amide bonds. The number of carbonyl (C=O) groups excluding carboxylic acids is 1. The van der Waals surface area contributed by atoms with Gasteiger partial charge in [0.15, 0.2) is 5.78 Å². The van der Waals surface area contributed by atoms with Gasteiger partial charge in [0.05, 0.1) is 24.4 Å². The van der Waals surface area contributed by atoms with E-state index in [9.17, 15) is 4.79 Å². The summed E-state index contributed by atoms with van der Waals surface area (Å²) in [6.45, 7) is 0. The molecule has 0 aliphatic carbocycles. The number of rotatable bonds is 7. The molecular weight excluding hydrogens is 420 g/mol. The van der Waals surface area contributed by atoms with E-state index in [4.69, 9.17) is 13.9 Å². The van der Waals surface area contributed by atoms with Crippen molar-refractivity contribution < 1.29 is 18.7 Å². The maximum atomic E-state index is 12.3. The molecule has 0 atom stereocenters. The normalized spacial score (nSPS) is 10.6. The Hall–Kier alpha value is -2.32. The van der Waals surface area contributed by atoms with E-state index in [0.29, 0.717) is 22.4 Å². The highest BCUT2D eigenvalue weighted by Crippen LogP contribution is 2.28. The van der Waals surface area contributed by atoms with Gasteiger partial charge in [0.1, 0.15) is 11.5 Å². The molecule has 134 valence electrons. The Labute approximate surface area is 163 Å². The molecule has 0 N–H and O–H groups in total. The number of ether oxygens (including phenoxy) is 2. The first-order chi connectivity index (χ1) is 12.6. The third kappa shape index (κ3) is 4.25. The van der Waals surface area contributed by atoms with E-state index in [0.717, 1.165) is 15.8 Å². The molecule has 0 saturated heterocycles. The molecule has 6 nitrogen and oxygen atoms in total. The molecule has 0 aliphatic rings. The van der Waals surface area contributed by atoms with E-state index in [1.54, 1.807) is 32.4 Å². The average Bonchev–Trinajstić information content (AvgIpc) is 3.15. The highest BCUT2D eigenvalue weighted by Gasteiger charge is 2.14. The first kappa shape index (κ1) is 18.5. The fourth-order valence-corrected chi connectivity index (χ4v) is 3.37. The minimum absolute atomic E-state index is 0.0393. The third-order valence-electron chi connectivity index (χ3n) is 3.54. The molecule has 0 bridgehead atoms. The van der Waals surface area contributed by atoms with Gasteiger partial charge < -0.3 is 13.9 Å². The maximum Gasteiger partial charge on any atom is 0.277 e. The molecule has 26 heavy (non-hydrogen) atoms. The first-order valence-electron chi connectivity index (χ1n) is 7.58. The number of carbonyl (C=O) groups is 1. The summed E-state index contributed by atoms with van der Waals surface area (Å²) in [5, 5.41) is 8.34. The number of thioether (sulfide) groups is 1. The van der Waals surface area contributed by atoms with E-state index in [2.05, 4.69) is 26.1 Å². The molecule has 1 heterocycles. The van der Waals surface area contributed by atoms with Gasteiger partial charge in [-0.2, -0.15) is 0 Å². The van der Waals surface area contributed by atoms with Crippen LogP contribution < -0.4 is 9.47 Å². The summed E-state index contributed by atoms with van der Waals surface area (Å²) >= 11 is 4.58. The second-order valence-corrected chi connectivity index (χ2v) is 6.94. The zero-order valence-corrected chi connectivity index (χ0v) is 16.5. The van der Waals surface area contributed by atoms with Crippen molar-refractivity contribution in [3.05, 3.63) is 52.5 Å². The van der Waals surface area contributed by atoms with Crippen molar-refractivity contribution in [3.8, 4) is 23.0 Å². The van der Waals surface area contributed by atoms with Gasteiger partial charge in [-0.3, -0.25) is 4.79 Å². The minimum Gasteiger partial charge on any atom is -0.497 e. The van der Waals surface area contributed by atoms with E-state index < -0.39 is 0 Å². The largest absolute Gasteiger partial charge is 0.497 e. The van der Waals surface area contributed by atoms with Crippen LogP contribution in [0.2, 0.25) is 0 Å². The number of hydrogen-bond acceptors (Lipinski definition) is 7. The zero-order valence-electron chi connectivity index (χ0n) is 14.1.